The summed E-state index contributed by atoms with van der Waals surface area (Å²) < 4.78 is 13.2. The average Bonchev–Trinajstić information content (AvgIpc) is 3.26. The second-order valence-corrected chi connectivity index (χ2v) is 8.80. The van der Waals surface area contributed by atoms with Crippen molar-refractivity contribution in [1.29, 1.82) is 0 Å². The number of carbonyl (C=O) groups excluding carboxylic acids is 1. The zero-order valence-corrected chi connectivity index (χ0v) is 18.2. The molecule has 0 aliphatic heterocycles. The second kappa shape index (κ2) is 10.4. The first kappa shape index (κ1) is 24.2. The Labute approximate surface area is 188 Å². The molecule has 0 spiro atoms. The largest absolute Gasteiger partial charge is 0.394 e. The van der Waals surface area contributed by atoms with Crippen LogP contribution in [-0.2, 0) is 6.42 Å². The van der Waals surface area contributed by atoms with E-state index < -0.39 is 36.8 Å². The van der Waals surface area contributed by atoms with Gasteiger partial charge in [-0.1, -0.05) is 24.3 Å². The maximum atomic E-state index is 13.2. The van der Waals surface area contributed by atoms with Crippen molar-refractivity contribution in [3.63, 3.8) is 0 Å². The molecule has 0 saturated heterocycles. The Kier molecular flexibility index (Phi) is 7.89. The maximum absolute atomic E-state index is 13.2. The van der Waals surface area contributed by atoms with E-state index in [0.717, 1.165) is 26.4 Å². The average molecular weight is 461 g/mol. The Morgan fingerprint density at radius 1 is 0.969 bits per heavy atom. The van der Waals surface area contributed by atoms with Crippen LogP contribution in [0.3, 0.4) is 0 Å². The monoisotopic (exact) mass is 460 g/mol. The number of rotatable bonds is 9. The van der Waals surface area contributed by atoms with Crippen molar-refractivity contribution < 1.29 is 34.7 Å². The van der Waals surface area contributed by atoms with Crippen LogP contribution in [0.4, 0.5) is 4.39 Å². The van der Waals surface area contributed by atoms with Crippen LogP contribution in [0.25, 0.3) is 10.4 Å². The minimum atomic E-state index is -1.96. The first-order valence-electron chi connectivity index (χ1n) is 10.0. The van der Waals surface area contributed by atoms with Crippen LogP contribution in [0.5, 0.6) is 0 Å². The molecule has 2 aromatic carbocycles. The molecule has 3 rings (SSSR count). The van der Waals surface area contributed by atoms with E-state index in [0.29, 0.717) is 6.42 Å². The van der Waals surface area contributed by atoms with Crippen LogP contribution < -0.4 is 0 Å². The zero-order chi connectivity index (χ0) is 23.4. The van der Waals surface area contributed by atoms with Gasteiger partial charge < -0.3 is 25.5 Å². The minimum absolute atomic E-state index is 0.151. The molecule has 32 heavy (non-hydrogen) atoms. The molecule has 170 valence electrons. The smallest absolute Gasteiger partial charge is 0.194 e. The van der Waals surface area contributed by atoms with Gasteiger partial charge in [0.05, 0.1) is 6.61 Å². The fourth-order valence-corrected chi connectivity index (χ4v) is 4.33. The van der Waals surface area contributed by atoms with E-state index in [1.54, 1.807) is 35.6 Å². The molecule has 0 saturated carbocycles. The highest BCUT2D eigenvalue weighted by Crippen LogP contribution is 2.30. The molecule has 1 heterocycles. The van der Waals surface area contributed by atoms with Gasteiger partial charge in [0.2, 0.25) is 0 Å². The Balaban J connectivity index is 1.77. The molecule has 8 heteroatoms. The standard InChI is InChI=1S/C24H25FO6S/c1-13-2-3-15(21(28)23(30)24(31)22(29)19(27)12-26)10-16(13)11-18-8-9-20(32-18)14-4-6-17(25)7-5-14/h2-10,19,22-24,26-27,29-31H,11-12H2,1H3/t19?,22-,23+,24+/m1/s1. The lowest BCUT2D eigenvalue weighted by molar-refractivity contribution is -0.105. The Morgan fingerprint density at radius 2 is 1.66 bits per heavy atom. The zero-order valence-electron chi connectivity index (χ0n) is 17.4. The van der Waals surface area contributed by atoms with Crippen molar-refractivity contribution in [2.75, 3.05) is 6.61 Å². The molecule has 6 nitrogen and oxygen atoms in total. The third-order valence-corrected chi connectivity index (χ3v) is 6.45. The number of thiophene rings is 1. The first-order chi connectivity index (χ1) is 15.2. The number of carbonyl (C=O) groups is 1. The van der Waals surface area contributed by atoms with E-state index >= 15 is 0 Å². The Bertz CT molecular complexity index is 1060. The number of aliphatic hydroxyl groups is 5. The van der Waals surface area contributed by atoms with E-state index in [9.17, 15) is 29.6 Å². The number of Topliss-reactive ketones (excluding diaryl/α,β-unsaturated/α-hetero) is 1. The van der Waals surface area contributed by atoms with E-state index in [1.165, 1.54) is 18.2 Å². The van der Waals surface area contributed by atoms with Crippen LogP contribution in [0, 0.1) is 12.7 Å². The summed E-state index contributed by atoms with van der Waals surface area (Å²) in [6, 6.07) is 15.0. The van der Waals surface area contributed by atoms with Crippen molar-refractivity contribution in [3.8, 4) is 10.4 Å². The van der Waals surface area contributed by atoms with E-state index in [1.807, 2.05) is 19.1 Å². The molecule has 0 bridgehead atoms. The fourth-order valence-electron chi connectivity index (χ4n) is 3.29. The molecular formula is C24H25FO6S. The molecule has 0 aliphatic rings. The van der Waals surface area contributed by atoms with Crippen molar-refractivity contribution in [2.24, 2.45) is 0 Å². The minimum Gasteiger partial charge on any atom is -0.394 e. The van der Waals surface area contributed by atoms with Gasteiger partial charge in [-0.2, -0.15) is 0 Å². The van der Waals surface area contributed by atoms with Gasteiger partial charge in [-0.3, -0.25) is 4.79 Å². The fraction of sp³-hybridized carbons (Fsp3) is 0.292. The van der Waals surface area contributed by atoms with Gasteiger partial charge in [-0.05, 0) is 53.9 Å². The van der Waals surface area contributed by atoms with Crippen LogP contribution in [-0.4, -0.2) is 62.3 Å². The molecule has 1 unspecified atom stereocenters. The van der Waals surface area contributed by atoms with E-state index in [4.69, 9.17) is 5.11 Å². The summed E-state index contributed by atoms with van der Waals surface area (Å²) in [5, 5.41) is 48.3. The summed E-state index contributed by atoms with van der Waals surface area (Å²) in [5.74, 6) is -1.10. The predicted molar refractivity (Wildman–Crippen MR) is 119 cm³/mol. The first-order valence-corrected chi connectivity index (χ1v) is 10.8. The predicted octanol–water partition coefficient (Wildman–Crippen LogP) is 2.07. The number of benzene rings is 2. The van der Waals surface area contributed by atoms with Crippen molar-refractivity contribution in [3.05, 3.63) is 82.0 Å². The summed E-state index contributed by atoms with van der Waals surface area (Å²) in [5.41, 5.74) is 2.84. The Hall–Kier alpha value is -2.46. The normalized spacial score (nSPS) is 15.2. The lowest BCUT2D eigenvalue weighted by Gasteiger charge is -2.25. The van der Waals surface area contributed by atoms with Crippen LogP contribution in [0.2, 0.25) is 0 Å². The summed E-state index contributed by atoms with van der Waals surface area (Å²) >= 11 is 1.55. The van der Waals surface area contributed by atoms with Crippen LogP contribution in [0.1, 0.15) is 26.4 Å². The number of hydrogen-bond acceptors (Lipinski definition) is 7. The summed E-state index contributed by atoms with van der Waals surface area (Å²) in [6.45, 7) is 1.07. The highest BCUT2D eigenvalue weighted by Gasteiger charge is 2.34. The summed E-state index contributed by atoms with van der Waals surface area (Å²) in [6.07, 6.45) is -6.95. The number of hydrogen-bond donors (Lipinski definition) is 5. The van der Waals surface area contributed by atoms with Gasteiger partial charge in [0.25, 0.3) is 0 Å². The third kappa shape index (κ3) is 5.47. The van der Waals surface area contributed by atoms with Crippen molar-refractivity contribution >= 4 is 17.1 Å². The van der Waals surface area contributed by atoms with Gasteiger partial charge >= 0.3 is 0 Å². The van der Waals surface area contributed by atoms with Crippen LogP contribution in [0.15, 0.2) is 54.6 Å². The number of halogens is 1. The molecule has 0 fully saturated rings. The second-order valence-electron chi connectivity index (χ2n) is 7.63. The SMILES string of the molecule is Cc1ccc(C(=O)[C@H](O)[C@@H](O)[C@H](O)C(O)CO)cc1Cc1ccc(-c2ccc(F)cc2)s1. The van der Waals surface area contributed by atoms with Gasteiger partial charge in [0.15, 0.2) is 5.78 Å². The van der Waals surface area contributed by atoms with Crippen molar-refractivity contribution in [2.45, 2.75) is 37.8 Å². The van der Waals surface area contributed by atoms with Crippen LogP contribution >= 0.6 is 11.3 Å². The highest BCUT2D eigenvalue weighted by molar-refractivity contribution is 7.15. The quantitative estimate of drug-likeness (QED) is 0.312. The lowest BCUT2D eigenvalue weighted by atomic mass is 9.93. The topological polar surface area (TPSA) is 118 Å². The number of aliphatic hydroxyl groups excluding tert-OH is 5. The summed E-state index contributed by atoms with van der Waals surface area (Å²) in [7, 11) is 0. The number of ketones is 1. The molecule has 1 aromatic heterocycles. The van der Waals surface area contributed by atoms with E-state index in [-0.39, 0.29) is 11.4 Å². The molecule has 0 aliphatic carbocycles. The maximum Gasteiger partial charge on any atom is 0.194 e. The lowest BCUT2D eigenvalue weighted by Crippen LogP contribution is -2.48. The van der Waals surface area contributed by atoms with E-state index in [2.05, 4.69) is 0 Å². The van der Waals surface area contributed by atoms with Gasteiger partial charge in [-0.25, -0.2) is 4.39 Å². The van der Waals surface area contributed by atoms with Gasteiger partial charge in [0, 0.05) is 21.7 Å². The summed E-state index contributed by atoms with van der Waals surface area (Å²) in [4.78, 5) is 14.7. The number of aryl methyl sites for hydroxylation is 1. The Morgan fingerprint density at radius 3 is 2.31 bits per heavy atom. The third-order valence-electron chi connectivity index (χ3n) is 5.31. The molecule has 0 radical (unpaired) electrons. The molecule has 5 N–H and O–H groups in total. The molecule has 0 amide bonds. The molecule has 3 aromatic rings. The van der Waals surface area contributed by atoms with Crippen molar-refractivity contribution in [1.82, 2.24) is 0 Å². The molecular weight excluding hydrogens is 435 g/mol. The molecule has 4 atom stereocenters. The highest BCUT2D eigenvalue weighted by atomic mass is 32.1. The van der Waals surface area contributed by atoms with Gasteiger partial charge in [-0.15, -0.1) is 11.3 Å². The van der Waals surface area contributed by atoms with Gasteiger partial charge in [0.1, 0.15) is 30.2 Å².